The molecular formula is C15H9ClF3N3O. The first kappa shape index (κ1) is 15.5. The van der Waals surface area contributed by atoms with Crippen LogP contribution >= 0.6 is 11.6 Å². The quantitative estimate of drug-likeness (QED) is 0.674. The average Bonchev–Trinajstić information content (AvgIpc) is 2.96. The molecule has 0 amide bonds. The van der Waals surface area contributed by atoms with Crippen LogP contribution in [0.25, 0.3) is 23.0 Å². The normalized spacial score (nSPS) is 11.7. The molecule has 2 aromatic heterocycles. The molecule has 3 aromatic rings. The van der Waals surface area contributed by atoms with Crippen LogP contribution in [-0.2, 0) is 6.18 Å². The highest BCUT2D eigenvalue weighted by molar-refractivity contribution is 6.32. The molecule has 1 aromatic carbocycles. The van der Waals surface area contributed by atoms with Gasteiger partial charge >= 0.3 is 6.18 Å². The van der Waals surface area contributed by atoms with Gasteiger partial charge in [0.05, 0.1) is 10.6 Å². The van der Waals surface area contributed by atoms with Crippen molar-refractivity contribution in [2.75, 3.05) is 0 Å². The summed E-state index contributed by atoms with van der Waals surface area (Å²) in [5.74, 6) is 0.206. The molecule has 0 aliphatic rings. The monoisotopic (exact) mass is 339 g/mol. The Bertz CT molecular complexity index is 861. The molecule has 4 nitrogen and oxygen atoms in total. The van der Waals surface area contributed by atoms with E-state index in [1.165, 1.54) is 0 Å². The van der Waals surface area contributed by atoms with Crippen molar-refractivity contribution in [2.45, 2.75) is 13.1 Å². The number of benzene rings is 1. The van der Waals surface area contributed by atoms with Crippen LogP contribution in [0.4, 0.5) is 13.2 Å². The van der Waals surface area contributed by atoms with E-state index < -0.39 is 11.7 Å². The number of nitrogens with zero attached hydrogens (tertiary/aromatic N) is 3. The highest BCUT2D eigenvalue weighted by Gasteiger charge is 2.32. The zero-order chi connectivity index (χ0) is 16.6. The Balaban J connectivity index is 2.00. The van der Waals surface area contributed by atoms with Gasteiger partial charge in [0.25, 0.3) is 5.89 Å². The van der Waals surface area contributed by atoms with Crippen molar-refractivity contribution in [3.8, 4) is 23.0 Å². The van der Waals surface area contributed by atoms with Crippen molar-refractivity contribution in [3.63, 3.8) is 0 Å². The lowest BCUT2D eigenvalue weighted by atomic mass is 10.1. The molecule has 0 radical (unpaired) electrons. The maximum Gasteiger partial charge on any atom is 0.417 e. The Hall–Kier alpha value is -2.41. The van der Waals surface area contributed by atoms with Crippen molar-refractivity contribution in [2.24, 2.45) is 0 Å². The second-order valence-electron chi connectivity index (χ2n) is 4.78. The molecule has 0 atom stereocenters. The minimum Gasteiger partial charge on any atom is -0.415 e. The first-order chi connectivity index (χ1) is 10.9. The van der Waals surface area contributed by atoms with E-state index in [1.807, 2.05) is 25.1 Å². The van der Waals surface area contributed by atoms with E-state index in [0.717, 1.165) is 17.2 Å². The number of halogens is 4. The topological polar surface area (TPSA) is 51.8 Å². The SMILES string of the molecule is Cc1ccccc1-c1nnc(-c2ncc(C(F)(F)F)cc2Cl)o1. The van der Waals surface area contributed by atoms with Gasteiger partial charge in [0, 0.05) is 11.8 Å². The largest absolute Gasteiger partial charge is 0.417 e. The van der Waals surface area contributed by atoms with E-state index in [2.05, 4.69) is 15.2 Å². The number of pyridine rings is 1. The average molecular weight is 340 g/mol. The minimum atomic E-state index is -4.52. The fourth-order valence-electron chi connectivity index (χ4n) is 1.99. The standard InChI is InChI=1S/C15H9ClF3N3O/c1-8-4-2-3-5-10(8)13-21-22-14(23-13)12-11(16)6-9(7-20-12)15(17,18)19/h2-7H,1H3. The second kappa shape index (κ2) is 5.66. The number of aryl methyl sites for hydroxylation is 1. The molecule has 118 valence electrons. The smallest absolute Gasteiger partial charge is 0.415 e. The third kappa shape index (κ3) is 3.05. The van der Waals surface area contributed by atoms with Gasteiger partial charge in [0.15, 0.2) is 0 Å². The Kier molecular flexibility index (Phi) is 3.81. The molecule has 0 aliphatic heterocycles. The summed E-state index contributed by atoms with van der Waals surface area (Å²) in [5, 5.41) is 7.50. The summed E-state index contributed by atoms with van der Waals surface area (Å²) in [6, 6.07) is 8.14. The van der Waals surface area contributed by atoms with Crippen LogP contribution in [0.3, 0.4) is 0 Å². The minimum absolute atomic E-state index is 0.00648. The zero-order valence-electron chi connectivity index (χ0n) is 11.7. The molecule has 0 fully saturated rings. The summed E-state index contributed by atoms with van der Waals surface area (Å²) < 4.78 is 43.4. The summed E-state index contributed by atoms with van der Waals surface area (Å²) in [6.45, 7) is 1.88. The number of hydrogen-bond acceptors (Lipinski definition) is 4. The summed E-state index contributed by atoms with van der Waals surface area (Å²) in [7, 11) is 0. The van der Waals surface area contributed by atoms with Crippen molar-refractivity contribution in [3.05, 3.63) is 52.7 Å². The molecule has 0 spiro atoms. The fourth-order valence-corrected chi connectivity index (χ4v) is 2.24. The van der Waals surface area contributed by atoms with Gasteiger partial charge in [0.2, 0.25) is 5.89 Å². The molecular weight excluding hydrogens is 331 g/mol. The van der Waals surface area contributed by atoms with Crippen LogP contribution < -0.4 is 0 Å². The van der Waals surface area contributed by atoms with Crippen LogP contribution in [0.5, 0.6) is 0 Å². The molecule has 0 aliphatic carbocycles. The van der Waals surface area contributed by atoms with Gasteiger partial charge in [-0.1, -0.05) is 29.8 Å². The van der Waals surface area contributed by atoms with E-state index in [9.17, 15) is 13.2 Å². The van der Waals surface area contributed by atoms with Gasteiger partial charge in [0.1, 0.15) is 5.69 Å². The van der Waals surface area contributed by atoms with E-state index in [-0.39, 0.29) is 22.5 Å². The highest BCUT2D eigenvalue weighted by atomic mass is 35.5. The Labute approximate surface area is 133 Å². The van der Waals surface area contributed by atoms with Gasteiger partial charge in [-0.25, -0.2) is 4.98 Å². The van der Waals surface area contributed by atoms with Gasteiger partial charge in [-0.05, 0) is 24.6 Å². The molecule has 0 N–H and O–H groups in total. The van der Waals surface area contributed by atoms with Crippen LogP contribution in [0.15, 0.2) is 40.9 Å². The van der Waals surface area contributed by atoms with Gasteiger partial charge < -0.3 is 4.42 Å². The Morgan fingerprint density at radius 3 is 2.43 bits per heavy atom. The van der Waals surface area contributed by atoms with Gasteiger partial charge in [-0.15, -0.1) is 10.2 Å². The molecule has 2 heterocycles. The summed E-state index contributed by atoms with van der Waals surface area (Å²) in [5.41, 5.74) is 0.723. The molecule has 0 saturated carbocycles. The molecule has 0 bridgehead atoms. The number of hydrogen-bond donors (Lipinski definition) is 0. The fraction of sp³-hybridized carbons (Fsp3) is 0.133. The van der Waals surface area contributed by atoms with E-state index >= 15 is 0 Å². The molecule has 3 rings (SSSR count). The predicted molar refractivity (Wildman–Crippen MR) is 77.7 cm³/mol. The lowest BCUT2D eigenvalue weighted by molar-refractivity contribution is -0.137. The van der Waals surface area contributed by atoms with E-state index in [1.54, 1.807) is 6.07 Å². The lowest BCUT2D eigenvalue weighted by Crippen LogP contribution is -2.05. The van der Waals surface area contributed by atoms with Crippen molar-refractivity contribution in [1.82, 2.24) is 15.2 Å². The van der Waals surface area contributed by atoms with E-state index in [4.69, 9.17) is 16.0 Å². The third-order valence-corrected chi connectivity index (χ3v) is 3.46. The molecule has 0 unspecified atom stereocenters. The van der Waals surface area contributed by atoms with Crippen molar-refractivity contribution >= 4 is 11.6 Å². The van der Waals surface area contributed by atoms with Crippen LogP contribution in [0.2, 0.25) is 5.02 Å². The maximum absolute atomic E-state index is 12.6. The molecule has 8 heteroatoms. The maximum atomic E-state index is 12.6. The second-order valence-corrected chi connectivity index (χ2v) is 5.19. The van der Waals surface area contributed by atoms with Crippen molar-refractivity contribution < 1.29 is 17.6 Å². The zero-order valence-corrected chi connectivity index (χ0v) is 12.5. The number of alkyl halides is 3. The summed E-state index contributed by atoms with van der Waals surface area (Å²) >= 11 is 5.87. The lowest BCUT2D eigenvalue weighted by Gasteiger charge is -2.07. The third-order valence-electron chi connectivity index (χ3n) is 3.17. The number of rotatable bonds is 2. The molecule has 23 heavy (non-hydrogen) atoms. The number of aromatic nitrogens is 3. The molecule has 0 saturated heterocycles. The van der Waals surface area contributed by atoms with Crippen LogP contribution in [0, 0.1) is 6.92 Å². The van der Waals surface area contributed by atoms with Crippen LogP contribution in [0.1, 0.15) is 11.1 Å². The summed E-state index contributed by atoms with van der Waals surface area (Å²) in [6.07, 6.45) is -3.84. The Morgan fingerprint density at radius 2 is 1.78 bits per heavy atom. The van der Waals surface area contributed by atoms with E-state index in [0.29, 0.717) is 6.20 Å². The first-order valence-electron chi connectivity index (χ1n) is 6.49. The first-order valence-corrected chi connectivity index (χ1v) is 6.86. The summed E-state index contributed by atoms with van der Waals surface area (Å²) in [4.78, 5) is 3.70. The highest BCUT2D eigenvalue weighted by Crippen LogP contribution is 2.34. The van der Waals surface area contributed by atoms with Crippen LogP contribution in [-0.4, -0.2) is 15.2 Å². The van der Waals surface area contributed by atoms with Gasteiger partial charge in [-0.2, -0.15) is 13.2 Å². The van der Waals surface area contributed by atoms with Gasteiger partial charge in [-0.3, -0.25) is 0 Å². The Morgan fingerprint density at radius 1 is 1.09 bits per heavy atom. The predicted octanol–water partition coefficient (Wildman–Crippen LogP) is 4.78. The van der Waals surface area contributed by atoms with Crippen molar-refractivity contribution in [1.29, 1.82) is 0 Å².